The Labute approximate surface area is 148 Å². The summed E-state index contributed by atoms with van der Waals surface area (Å²) in [6.07, 6.45) is 0. The number of para-hydroxylation sites is 1. The smallest absolute Gasteiger partial charge is 0.346 e. The summed E-state index contributed by atoms with van der Waals surface area (Å²) in [7, 11) is 1.59. The van der Waals surface area contributed by atoms with Gasteiger partial charge in [0.15, 0.2) is 0 Å². The Morgan fingerprint density at radius 2 is 1.81 bits per heavy atom. The zero-order valence-corrected chi connectivity index (χ0v) is 13.9. The predicted octanol–water partition coefficient (Wildman–Crippen LogP) is 4.08. The second-order valence-corrected chi connectivity index (χ2v) is 5.86. The first-order valence-electron chi connectivity index (χ1n) is 7.96. The van der Waals surface area contributed by atoms with E-state index in [1.54, 1.807) is 19.2 Å². The number of anilines is 1. The Bertz CT molecular complexity index is 1250. The van der Waals surface area contributed by atoms with Gasteiger partial charge in [-0.25, -0.2) is 4.79 Å². The van der Waals surface area contributed by atoms with E-state index >= 15 is 0 Å². The summed E-state index contributed by atoms with van der Waals surface area (Å²) in [6, 6.07) is 18.5. The minimum Gasteiger partial charge on any atom is -0.497 e. The van der Waals surface area contributed by atoms with Gasteiger partial charge in [0.25, 0.3) is 0 Å². The van der Waals surface area contributed by atoms with E-state index < -0.39 is 5.63 Å². The summed E-state index contributed by atoms with van der Waals surface area (Å²) in [5, 5.41) is 11.3. The fourth-order valence-electron chi connectivity index (χ4n) is 3.18. The molecule has 0 spiro atoms. The number of hydrogen-bond donors (Lipinski definition) is 1. The van der Waals surface area contributed by atoms with Crippen LogP contribution >= 0.6 is 0 Å². The van der Waals surface area contributed by atoms with Crippen molar-refractivity contribution >= 4 is 27.4 Å². The molecule has 126 valence electrons. The molecule has 0 amide bonds. The summed E-state index contributed by atoms with van der Waals surface area (Å²) < 4.78 is 10.6. The number of benzene rings is 3. The van der Waals surface area contributed by atoms with Crippen molar-refractivity contribution < 1.29 is 9.15 Å². The molecule has 0 radical (unpaired) electrons. The maximum atomic E-state index is 12.4. The standard InChI is InChI=1S/C21H14N2O3/c1-25-13-8-6-12(7-9-13)15-10-16-14-4-2-3-5-18(14)26-21(24)19(16)20(23)17(15)11-22/h2-10H,23H2,1H3. The van der Waals surface area contributed by atoms with E-state index in [4.69, 9.17) is 14.9 Å². The largest absolute Gasteiger partial charge is 0.497 e. The van der Waals surface area contributed by atoms with Crippen LogP contribution in [-0.4, -0.2) is 7.11 Å². The second kappa shape index (κ2) is 5.94. The Morgan fingerprint density at radius 1 is 1.08 bits per heavy atom. The number of nitrogens with two attached hydrogens (primary N) is 1. The Kier molecular flexibility index (Phi) is 3.59. The third kappa shape index (κ3) is 2.28. The monoisotopic (exact) mass is 342 g/mol. The number of methoxy groups -OCH3 is 1. The van der Waals surface area contributed by atoms with E-state index in [9.17, 15) is 10.1 Å². The minimum atomic E-state index is -0.547. The number of nitriles is 1. The first-order valence-corrected chi connectivity index (χ1v) is 7.96. The predicted molar refractivity (Wildman–Crippen MR) is 101 cm³/mol. The molecule has 0 aliphatic rings. The van der Waals surface area contributed by atoms with Gasteiger partial charge in [-0.15, -0.1) is 0 Å². The quantitative estimate of drug-likeness (QED) is 0.337. The lowest BCUT2D eigenvalue weighted by atomic mass is 9.93. The van der Waals surface area contributed by atoms with Gasteiger partial charge in [0, 0.05) is 16.3 Å². The normalized spacial score (nSPS) is 10.8. The maximum absolute atomic E-state index is 12.4. The summed E-state index contributed by atoms with van der Waals surface area (Å²) in [5.74, 6) is 0.715. The Balaban J connectivity index is 2.15. The second-order valence-electron chi connectivity index (χ2n) is 5.86. The lowest BCUT2D eigenvalue weighted by molar-refractivity contribution is 0.415. The molecule has 4 aromatic rings. The fraction of sp³-hybridized carbons (Fsp3) is 0.0476. The topological polar surface area (TPSA) is 89.2 Å². The average molecular weight is 342 g/mol. The van der Waals surface area contributed by atoms with E-state index in [-0.39, 0.29) is 16.6 Å². The van der Waals surface area contributed by atoms with E-state index in [0.717, 1.165) is 10.9 Å². The number of nitrogen functional groups attached to an aromatic ring is 1. The highest BCUT2D eigenvalue weighted by Crippen LogP contribution is 2.36. The zero-order valence-electron chi connectivity index (χ0n) is 13.9. The van der Waals surface area contributed by atoms with Crippen molar-refractivity contribution in [2.75, 3.05) is 12.8 Å². The highest BCUT2D eigenvalue weighted by molar-refractivity contribution is 6.11. The molecule has 5 nitrogen and oxygen atoms in total. The van der Waals surface area contributed by atoms with Gasteiger partial charge >= 0.3 is 5.63 Å². The van der Waals surface area contributed by atoms with E-state index in [2.05, 4.69) is 6.07 Å². The van der Waals surface area contributed by atoms with Gasteiger partial charge in [0.1, 0.15) is 17.4 Å². The van der Waals surface area contributed by atoms with Crippen molar-refractivity contribution in [3.8, 4) is 22.9 Å². The van der Waals surface area contributed by atoms with Crippen molar-refractivity contribution in [3.05, 3.63) is 70.6 Å². The van der Waals surface area contributed by atoms with Crippen LogP contribution in [0, 0.1) is 11.3 Å². The molecular weight excluding hydrogens is 328 g/mol. The van der Waals surface area contributed by atoms with Crippen LogP contribution in [-0.2, 0) is 0 Å². The Hall–Kier alpha value is -3.78. The molecule has 5 heteroatoms. The molecular formula is C21H14N2O3. The molecule has 0 aliphatic heterocycles. The maximum Gasteiger partial charge on any atom is 0.346 e. The SMILES string of the molecule is COc1ccc(-c2cc3c(c(N)c2C#N)c(=O)oc2ccccc23)cc1. The Morgan fingerprint density at radius 3 is 2.50 bits per heavy atom. The van der Waals surface area contributed by atoms with E-state index in [1.165, 1.54) is 0 Å². The van der Waals surface area contributed by atoms with Crippen molar-refractivity contribution in [3.63, 3.8) is 0 Å². The fourth-order valence-corrected chi connectivity index (χ4v) is 3.18. The first kappa shape index (κ1) is 15.7. The van der Waals surface area contributed by atoms with Crippen LogP contribution in [0.1, 0.15) is 5.56 Å². The third-order valence-electron chi connectivity index (χ3n) is 4.46. The molecule has 0 bridgehead atoms. The van der Waals surface area contributed by atoms with Crippen LogP contribution < -0.4 is 16.1 Å². The van der Waals surface area contributed by atoms with Crippen molar-refractivity contribution in [1.82, 2.24) is 0 Å². The highest BCUT2D eigenvalue weighted by Gasteiger charge is 2.18. The molecule has 0 saturated carbocycles. The molecule has 0 unspecified atom stereocenters. The lowest BCUT2D eigenvalue weighted by Gasteiger charge is -2.12. The van der Waals surface area contributed by atoms with Crippen LogP contribution in [0.25, 0.3) is 32.9 Å². The molecule has 26 heavy (non-hydrogen) atoms. The van der Waals surface area contributed by atoms with Crippen molar-refractivity contribution in [2.45, 2.75) is 0 Å². The number of nitrogens with zero attached hydrogens (tertiary/aromatic N) is 1. The highest BCUT2D eigenvalue weighted by atomic mass is 16.5. The van der Waals surface area contributed by atoms with Gasteiger partial charge in [0.2, 0.25) is 0 Å². The van der Waals surface area contributed by atoms with Crippen molar-refractivity contribution in [2.24, 2.45) is 0 Å². The number of rotatable bonds is 2. The van der Waals surface area contributed by atoms with Gasteiger partial charge in [-0.1, -0.05) is 30.3 Å². The summed E-state index contributed by atoms with van der Waals surface area (Å²) in [5.41, 5.74) is 8.01. The molecule has 2 N–H and O–H groups in total. The van der Waals surface area contributed by atoms with Crippen LogP contribution in [0.5, 0.6) is 5.75 Å². The van der Waals surface area contributed by atoms with Crippen LogP contribution in [0.15, 0.2) is 63.8 Å². The molecule has 1 aromatic heterocycles. The molecule has 1 heterocycles. The summed E-state index contributed by atoms with van der Waals surface area (Å²) >= 11 is 0. The summed E-state index contributed by atoms with van der Waals surface area (Å²) in [6.45, 7) is 0. The molecule has 4 rings (SSSR count). The minimum absolute atomic E-state index is 0.135. The first-order chi connectivity index (χ1) is 12.6. The molecule has 0 fully saturated rings. The molecule has 0 aliphatic carbocycles. The van der Waals surface area contributed by atoms with E-state index in [0.29, 0.717) is 22.3 Å². The van der Waals surface area contributed by atoms with Crippen LogP contribution in [0.4, 0.5) is 5.69 Å². The molecule has 0 saturated heterocycles. The van der Waals surface area contributed by atoms with E-state index in [1.807, 2.05) is 42.5 Å². The van der Waals surface area contributed by atoms with Crippen LogP contribution in [0.2, 0.25) is 0 Å². The lowest BCUT2D eigenvalue weighted by Crippen LogP contribution is -2.06. The van der Waals surface area contributed by atoms with Gasteiger partial charge in [-0.3, -0.25) is 0 Å². The zero-order chi connectivity index (χ0) is 18.3. The van der Waals surface area contributed by atoms with Crippen molar-refractivity contribution in [1.29, 1.82) is 5.26 Å². The number of hydrogen-bond acceptors (Lipinski definition) is 5. The van der Waals surface area contributed by atoms with Gasteiger partial charge in [0.05, 0.1) is 23.7 Å². The number of fused-ring (bicyclic) bond motifs is 3. The third-order valence-corrected chi connectivity index (χ3v) is 4.46. The van der Waals surface area contributed by atoms with Crippen LogP contribution in [0.3, 0.4) is 0 Å². The number of ether oxygens (including phenoxy) is 1. The van der Waals surface area contributed by atoms with Gasteiger partial charge < -0.3 is 14.9 Å². The molecule has 0 atom stereocenters. The van der Waals surface area contributed by atoms with Gasteiger partial charge in [-0.2, -0.15) is 5.26 Å². The summed E-state index contributed by atoms with van der Waals surface area (Å²) in [4.78, 5) is 12.4. The van der Waals surface area contributed by atoms with Gasteiger partial charge in [-0.05, 0) is 29.8 Å². The molecule has 3 aromatic carbocycles. The average Bonchev–Trinajstić information content (AvgIpc) is 2.67.